The molecule has 0 saturated heterocycles. The van der Waals surface area contributed by atoms with Crippen LogP contribution in [0.3, 0.4) is 0 Å². The highest BCUT2D eigenvalue weighted by Gasteiger charge is 1.98. The van der Waals surface area contributed by atoms with Crippen molar-refractivity contribution in [3.63, 3.8) is 0 Å². The van der Waals surface area contributed by atoms with Gasteiger partial charge >= 0.3 is 0 Å². The third kappa shape index (κ3) is 5.00. The molecule has 110 valence electrons. The summed E-state index contributed by atoms with van der Waals surface area (Å²) >= 11 is 0. The molecule has 2 N–H and O–H groups in total. The summed E-state index contributed by atoms with van der Waals surface area (Å²) in [6, 6.07) is 8.01. The first-order chi connectivity index (χ1) is 10.1. The first-order valence-electron chi connectivity index (χ1n) is 7.15. The van der Waals surface area contributed by atoms with Gasteiger partial charge in [-0.25, -0.2) is 4.98 Å². The van der Waals surface area contributed by atoms with Crippen molar-refractivity contribution in [2.75, 3.05) is 0 Å². The number of aromatic nitrogens is 2. The number of aliphatic hydroxyl groups excluding tert-OH is 1. The zero-order chi connectivity index (χ0) is 15.1. The largest absolute Gasteiger partial charge is 0.393 e. The van der Waals surface area contributed by atoms with Gasteiger partial charge in [-0.05, 0) is 31.7 Å². The SMILES string of the molecule is CC(O)CCC/C=C/c1ccc(-c2c[nH]c(=O)cn2)cc1. The highest BCUT2D eigenvalue weighted by molar-refractivity contribution is 5.61. The van der Waals surface area contributed by atoms with Crippen LogP contribution in [0.5, 0.6) is 0 Å². The van der Waals surface area contributed by atoms with E-state index < -0.39 is 0 Å². The predicted molar refractivity (Wildman–Crippen MR) is 84.9 cm³/mol. The van der Waals surface area contributed by atoms with Crippen LogP contribution in [0.4, 0.5) is 0 Å². The third-order valence-electron chi connectivity index (χ3n) is 3.18. The molecule has 0 spiro atoms. The van der Waals surface area contributed by atoms with Crippen LogP contribution < -0.4 is 5.56 Å². The summed E-state index contributed by atoms with van der Waals surface area (Å²) in [5.74, 6) is 0. The molecule has 21 heavy (non-hydrogen) atoms. The Labute approximate surface area is 124 Å². The van der Waals surface area contributed by atoms with Gasteiger partial charge in [0.2, 0.25) is 0 Å². The van der Waals surface area contributed by atoms with E-state index in [-0.39, 0.29) is 11.7 Å². The third-order valence-corrected chi connectivity index (χ3v) is 3.18. The number of nitrogens with one attached hydrogen (secondary N) is 1. The number of allylic oxidation sites excluding steroid dienone is 1. The highest BCUT2D eigenvalue weighted by Crippen LogP contribution is 2.16. The van der Waals surface area contributed by atoms with Crippen molar-refractivity contribution >= 4 is 6.08 Å². The highest BCUT2D eigenvalue weighted by atomic mass is 16.3. The Morgan fingerprint density at radius 3 is 2.71 bits per heavy atom. The lowest BCUT2D eigenvalue weighted by Gasteiger charge is -2.01. The van der Waals surface area contributed by atoms with Crippen molar-refractivity contribution in [3.8, 4) is 11.3 Å². The summed E-state index contributed by atoms with van der Waals surface area (Å²) in [4.78, 5) is 17.7. The van der Waals surface area contributed by atoms with Crippen molar-refractivity contribution in [3.05, 3.63) is 58.7 Å². The number of hydrogen-bond acceptors (Lipinski definition) is 3. The standard InChI is InChI=1S/C17H20N2O2/c1-13(20)5-3-2-4-6-14-7-9-15(10-8-14)16-11-19-17(21)12-18-16/h4,6-13,20H,2-3,5H2,1H3,(H,19,21)/b6-4+. The van der Waals surface area contributed by atoms with Gasteiger partial charge in [0.25, 0.3) is 5.56 Å². The molecule has 0 aliphatic heterocycles. The molecule has 2 aromatic rings. The lowest BCUT2D eigenvalue weighted by molar-refractivity contribution is 0.182. The van der Waals surface area contributed by atoms with E-state index in [1.807, 2.05) is 31.2 Å². The number of nitrogens with zero attached hydrogens (tertiary/aromatic N) is 1. The molecule has 1 atom stereocenters. The zero-order valence-electron chi connectivity index (χ0n) is 12.1. The summed E-state index contributed by atoms with van der Waals surface area (Å²) in [5, 5.41) is 9.17. The number of H-pyrrole nitrogens is 1. The molecule has 0 bridgehead atoms. The van der Waals surface area contributed by atoms with Gasteiger partial charge in [-0.3, -0.25) is 4.79 Å². The maximum atomic E-state index is 11.0. The molecule has 0 aliphatic rings. The van der Waals surface area contributed by atoms with E-state index in [2.05, 4.69) is 22.1 Å². The van der Waals surface area contributed by atoms with Gasteiger partial charge in [-0.2, -0.15) is 0 Å². The van der Waals surface area contributed by atoms with Gasteiger partial charge in [0.05, 0.1) is 18.0 Å². The smallest absolute Gasteiger partial charge is 0.266 e. The minimum absolute atomic E-state index is 0.199. The summed E-state index contributed by atoms with van der Waals surface area (Å²) in [6.45, 7) is 1.81. The van der Waals surface area contributed by atoms with E-state index in [0.29, 0.717) is 0 Å². The van der Waals surface area contributed by atoms with E-state index in [4.69, 9.17) is 0 Å². The number of hydrogen-bond donors (Lipinski definition) is 2. The second-order valence-corrected chi connectivity index (χ2v) is 5.10. The molecule has 4 heteroatoms. The van der Waals surface area contributed by atoms with E-state index in [9.17, 15) is 9.90 Å². The molecular formula is C17H20N2O2. The zero-order valence-corrected chi connectivity index (χ0v) is 12.1. The Balaban J connectivity index is 1.94. The molecule has 1 aromatic heterocycles. The lowest BCUT2D eigenvalue weighted by atomic mass is 10.1. The van der Waals surface area contributed by atoms with E-state index in [0.717, 1.165) is 36.1 Å². The van der Waals surface area contributed by atoms with Gasteiger partial charge in [0, 0.05) is 11.8 Å². The molecular weight excluding hydrogens is 264 g/mol. The summed E-state index contributed by atoms with van der Waals surface area (Å²) in [5.41, 5.74) is 2.65. The predicted octanol–water partition coefficient (Wildman–Crippen LogP) is 3.00. The van der Waals surface area contributed by atoms with Crippen molar-refractivity contribution in [2.24, 2.45) is 0 Å². The van der Waals surface area contributed by atoms with Crippen molar-refractivity contribution < 1.29 is 5.11 Å². The number of rotatable bonds is 6. The first kappa shape index (κ1) is 15.2. The Morgan fingerprint density at radius 2 is 2.10 bits per heavy atom. The van der Waals surface area contributed by atoms with Gasteiger partial charge in [0.1, 0.15) is 0 Å². The van der Waals surface area contributed by atoms with Gasteiger partial charge in [0.15, 0.2) is 0 Å². The van der Waals surface area contributed by atoms with Gasteiger partial charge in [-0.15, -0.1) is 0 Å². The number of benzene rings is 1. The van der Waals surface area contributed by atoms with E-state index in [1.165, 1.54) is 6.20 Å². The number of unbranched alkanes of at least 4 members (excludes halogenated alkanes) is 1. The van der Waals surface area contributed by atoms with Crippen LogP contribution in [-0.2, 0) is 0 Å². The van der Waals surface area contributed by atoms with Crippen LogP contribution in [0.2, 0.25) is 0 Å². The molecule has 1 heterocycles. The van der Waals surface area contributed by atoms with Gasteiger partial charge < -0.3 is 10.1 Å². The van der Waals surface area contributed by atoms with Crippen molar-refractivity contribution in [1.82, 2.24) is 9.97 Å². The second-order valence-electron chi connectivity index (χ2n) is 5.10. The first-order valence-corrected chi connectivity index (χ1v) is 7.15. The Hall–Kier alpha value is -2.20. The Morgan fingerprint density at radius 1 is 1.33 bits per heavy atom. The Bertz CT molecular complexity index is 622. The van der Waals surface area contributed by atoms with E-state index in [1.54, 1.807) is 6.20 Å². The fourth-order valence-electron chi connectivity index (χ4n) is 2.02. The molecule has 0 aliphatic carbocycles. The van der Waals surface area contributed by atoms with E-state index >= 15 is 0 Å². The van der Waals surface area contributed by atoms with Crippen molar-refractivity contribution in [2.45, 2.75) is 32.3 Å². The minimum Gasteiger partial charge on any atom is -0.393 e. The molecule has 1 aromatic carbocycles. The lowest BCUT2D eigenvalue weighted by Crippen LogP contribution is -2.04. The monoisotopic (exact) mass is 284 g/mol. The molecule has 2 rings (SSSR count). The van der Waals surface area contributed by atoms with Crippen LogP contribution in [0.15, 0.2) is 47.5 Å². The fourth-order valence-corrected chi connectivity index (χ4v) is 2.02. The van der Waals surface area contributed by atoms with Crippen LogP contribution in [0.25, 0.3) is 17.3 Å². The maximum absolute atomic E-state index is 11.0. The normalized spacial score (nSPS) is 12.7. The van der Waals surface area contributed by atoms with Crippen LogP contribution in [0.1, 0.15) is 31.7 Å². The molecule has 0 saturated carbocycles. The Kier molecular flexibility index (Phi) is 5.46. The maximum Gasteiger partial charge on any atom is 0.266 e. The second kappa shape index (κ2) is 7.55. The molecule has 0 radical (unpaired) electrons. The average molecular weight is 284 g/mol. The molecule has 4 nitrogen and oxygen atoms in total. The van der Waals surface area contributed by atoms with Crippen LogP contribution >= 0.6 is 0 Å². The van der Waals surface area contributed by atoms with Crippen LogP contribution in [-0.4, -0.2) is 21.2 Å². The average Bonchev–Trinajstić information content (AvgIpc) is 2.48. The van der Waals surface area contributed by atoms with Gasteiger partial charge in [-0.1, -0.05) is 36.4 Å². The number of aromatic amines is 1. The van der Waals surface area contributed by atoms with Crippen LogP contribution in [0, 0.1) is 0 Å². The van der Waals surface area contributed by atoms with Crippen molar-refractivity contribution in [1.29, 1.82) is 0 Å². The fraction of sp³-hybridized carbons (Fsp3) is 0.294. The summed E-state index contributed by atoms with van der Waals surface area (Å²) < 4.78 is 0. The summed E-state index contributed by atoms with van der Waals surface area (Å²) in [6.07, 6.45) is 9.67. The number of aliphatic hydroxyl groups is 1. The summed E-state index contributed by atoms with van der Waals surface area (Å²) in [7, 11) is 0. The topological polar surface area (TPSA) is 66.0 Å². The molecule has 0 amide bonds. The molecule has 0 fully saturated rings. The molecule has 1 unspecified atom stereocenters. The minimum atomic E-state index is -0.220. The quantitative estimate of drug-likeness (QED) is 0.801.